The van der Waals surface area contributed by atoms with Crippen molar-refractivity contribution in [2.24, 2.45) is 0 Å². The number of phenols is 1. The van der Waals surface area contributed by atoms with Crippen molar-refractivity contribution < 1.29 is 23.1 Å². The highest BCUT2D eigenvalue weighted by atomic mass is 79.9. The van der Waals surface area contributed by atoms with Crippen LogP contribution in [0.15, 0.2) is 45.2 Å². The number of benzene rings is 1. The van der Waals surface area contributed by atoms with E-state index in [4.69, 9.17) is 4.74 Å². The molecule has 0 spiro atoms. The summed E-state index contributed by atoms with van der Waals surface area (Å²) in [5.41, 5.74) is 1.68. The quantitative estimate of drug-likeness (QED) is 0.317. The van der Waals surface area contributed by atoms with Crippen molar-refractivity contribution in [3.05, 3.63) is 57.7 Å². The normalized spacial score (nSPS) is 14.1. The molecule has 1 aliphatic rings. The molecule has 3 heterocycles. The molecule has 0 aliphatic heterocycles. The summed E-state index contributed by atoms with van der Waals surface area (Å²) in [4.78, 5) is 21.3. The minimum absolute atomic E-state index is 0.00224. The maximum absolute atomic E-state index is 13.3. The number of carbonyl (C=O) groups excluding carboxylic acids is 1. The van der Waals surface area contributed by atoms with Crippen LogP contribution in [0.25, 0.3) is 10.9 Å². The van der Waals surface area contributed by atoms with Gasteiger partial charge in [0.2, 0.25) is 14.2 Å². The number of hydrogen-bond donors (Lipinski definition) is 1. The number of fused-ring (bicyclic) bond motifs is 1. The Bertz CT molecular complexity index is 1470. The fraction of sp³-hybridized carbons (Fsp3) is 0.318. The van der Waals surface area contributed by atoms with E-state index in [1.807, 2.05) is 4.57 Å². The molecule has 0 atom stereocenters. The number of carbonyl (C=O) groups is 1. The summed E-state index contributed by atoms with van der Waals surface area (Å²) in [5.74, 6) is -1.04. The zero-order chi connectivity index (χ0) is 24.0. The number of esters is 1. The Labute approximate surface area is 208 Å². The molecule has 178 valence electrons. The molecule has 0 radical (unpaired) electrons. The van der Waals surface area contributed by atoms with Crippen LogP contribution in [0.2, 0.25) is 0 Å². The molecule has 0 unspecified atom stereocenters. The van der Waals surface area contributed by atoms with E-state index in [2.05, 4.69) is 25.9 Å². The van der Waals surface area contributed by atoms with Gasteiger partial charge in [0.05, 0.1) is 40.8 Å². The summed E-state index contributed by atoms with van der Waals surface area (Å²) < 4.78 is 36.0. The smallest absolute Gasteiger partial charge is 0.340 e. The number of nitrogens with zero attached hydrogens (tertiary/aromatic N) is 4. The molecule has 1 fully saturated rings. The van der Waals surface area contributed by atoms with Crippen LogP contribution in [-0.2, 0) is 26.9 Å². The van der Waals surface area contributed by atoms with Crippen molar-refractivity contribution in [3.63, 3.8) is 0 Å². The Balaban J connectivity index is 1.82. The van der Waals surface area contributed by atoms with E-state index in [0.717, 1.165) is 24.2 Å². The Hall–Kier alpha value is -2.70. The Morgan fingerprint density at radius 3 is 2.76 bits per heavy atom. The molecule has 0 bridgehead atoms. The third-order valence-corrected chi connectivity index (χ3v) is 9.23. The standard InChI is InChI=1S/C22H21BrN4O5S2/c1-2-32-21(29)19-17(11-34(30,31)22-25-6-8-33-22)27(13-3-4-13)16-9-15(23)20(28)14(18(16)19)10-26-7-5-24-12-26/h5-9,12-13,28H,2-4,10-11H2,1H3. The van der Waals surface area contributed by atoms with Gasteiger partial charge in [0, 0.05) is 46.7 Å². The fourth-order valence-corrected chi connectivity index (χ4v) is 6.93. The van der Waals surface area contributed by atoms with Gasteiger partial charge < -0.3 is 19.0 Å². The number of ether oxygens (including phenoxy) is 1. The topological polar surface area (TPSA) is 116 Å². The summed E-state index contributed by atoms with van der Waals surface area (Å²) >= 11 is 4.48. The third-order valence-electron chi connectivity index (χ3n) is 5.72. The van der Waals surface area contributed by atoms with Gasteiger partial charge in [-0.15, -0.1) is 11.3 Å². The average Bonchev–Trinajstić information content (AvgIpc) is 3.20. The number of thiazole rings is 1. The van der Waals surface area contributed by atoms with Gasteiger partial charge >= 0.3 is 5.97 Å². The monoisotopic (exact) mass is 564 g/mol. The van der Waals surface area contributed by atoms with E-state index in [9.17, 15) is 18.3 Å². The van der Waals surface area contributed by atoms with E-state index in [0.29, 0.717) is 26.6 Å². The molecule has 4 aromatic rings. The number of halogens is 1. The lowest BCUT2D eigenvalue weighted by molar-refractivity contribution is 0.0527. The van der Waals surface area contributed by atoms with Crippen LogP contribution in [0.3, 0.4) is 0 Å². The maximum atomic E-state index is 13.3. The summed E-state index contributed by atoms with van der Waals surface area (Å²) in [6.07, 6.45) is 8.17. The van der Waals surface area contributed by atoms with Gasteiger partial charge in [-0.3, -0.25) is 0 Å². The zero-order valence-corrected chi connectivity index (χ0v) is 21.4. The minimum Gasteiger partial charge on any atom is -0.506 e. The van der Waals surface area contributed by atoms with Crippen LogP contribution in [0.5, 0.6) is 5.75 Å². The number of imidazole rings is 1. The lowest BCUT2D eigenvalue weighted by atomic mass is 10.0. The van der Waals surface area contributed by atoms with Crippen LogP contribution >= 0.6 is 27.3 Å². The first-order chi connectivity index (χ1) is 16.3. The van der Waals surface area contributed by atoms with Crippen LogP contribution in [-0.4, -0.2) is 45.2 Å². The number of aromatic nitrogens is 4. The summed E-state index contributed by atoms with van der Waals surface area (Å²) in [6, 6.07) is 1.80. The Morgan fingerprint density at radius 2 is 2.15 bits per heavy atom. The van der Waals surface area contributed by atoms with Crippen molar-refractivity contribution in [1.29, 1.82) is 0 Å². The molecule has 1 saturated carbocycles. The molecule has 0 saturated heterocycles. The SMILES string of the molecule is CCOC(=O)c1c(CS(=O)(=O)c2nccs2)n(C2CC2)c2cc(Br)c(O)c(Cn3ccnc3)c12. The van der Waals surface area contributed by atoms with E-state index in [1.165, 1.54) is 6.20 Å². The van der Waals surface area contributed by atoms with Crippen LogP contribution in [0, 0.1) is 0 Å². The third kappa shape index (κ3) is 4.03. The maximum Gasteiger partial charge on any atom is 0.340 e. The molecule has 34 heavy (non-hydrogen) atoms. The molecule has 9 nitrogen and oxygen atoms in total. The van der Waals surface area contributed by atoms with Crippen LogP contribution in [0.4, 0.5) is 0 Å². The molecular weight excluding hydrogens is 544 g/mol. The highest BCUT2D eigenvalue weighted by Gasteiger charge is 2.36. The average molecular weight is 565 g/mol. The van der Waals surface area contributed by atoms with Crippen molar-refractivity contribution in [2.75, 3.05) is 6.61 Å². The number of phenolic OH excluding ortho intramolecular Hbond substituents is 1. The van der Waals surface area contributed by atoms with Crippen molar-refractivity contribution in [3.8, 4) is 5.75 Å². The Morgan fingerprint density at radius 1 is 1.35 bits per heavy atom. The van der Waals surface area contributed by atoms with Gasteiger partial charge in [-0.1, -0.05) is 0 Å². The second kappa shape index (κ2) is 8.82. The first-order valence-electron chi connectivity index (χ1n) is 10.6. The van der Waals surface area contributed by atoms with Gasteiger partial charge in [-0.2, -0.15) is 0 Å². The van der Waals surface area contributed by atoms with Crippen molar-refractivity contribution in [2.45, 2.75) is 42.4 Å². The predicted molar refractivity (Wildman–Crippen MR) is 130 cm³/mol. The summed E-state index contributed by atoms with van der Waals surface area (Å²) in [7, 11) is -3.81. The van der Waals surface area contributed by atoms with Gasteiger partial charge in [0.15, 0.2) is 0 Å². The lowest BCUT2D eigenvalue weighted by Gasteiger charge is -2.12. The van der Waals surface area contributed by atoms with Gasteiger partial charge in [0.25, 0.3) is 0 Å². The van der Waals surface area contributed by atoms with E-state index in [-0.39, 0.29) is 34.8 Å². The molecule has 0 amide bonds. The van der Waals surface area contributed by atoms with E-state index >= 15 is 0 Å². The second-order valence-corrected chi connectivity index (χ2v) is 11.9. The van der Waals surface area contributed by atoms with Crippen molar-refractivity contribution in [1.82, 2.24) is 19.1 Å². The molecule has 1 aromatic carbocycles. The Kier molecular flexibility index (Phi) is 5.98. The number of rotatable bonds is 8. The second-order valence-electron chi connectivity index (χ2n) is 8.02. The number of sulfone groups is 1. The molecule has 1 N–H and O–H groups in total. The molecule has 1 aliphatic carbocycles. The van der Waals surface area contributed by atoms with Crippen molar-refractivity contribution >= 4 is 54.0 Å². The highest BCUT2D eigenvalue weighted by molar-refractivity contribution is 9.10. The van der Waals surface area contributed by atoms with Crippen LogP contribution < -0.4 is 0 Å². The van der Waals surface area contributed by atoms with E-state index in [1.54, 1.807) is 41.7 Å². The molecule has 3 aromatic heterocycles. The zero-order valence-electron chi connectivity index (χ0n) is 18.1. The van der Waals surface area contributed by atoms with Gasteiger partial charge in [-0.25, -0.2) is 23.2 Å². The number of aromatic hydroxyl groups is 1. The lowest BCUT2D eigenvalue weighted by Crippen LogP contribution is -2.15. The van der Waals surface area contributed by atoms with E-state index < -0.39 is 21.6 Å². The molecular formula is C22H21BrN4O5S2. The van der Waals surface area contributed by atoms with Gasteiger partial charge in [-0.05, 0) is 41.8 Å². The largest absolute Gasteiger partial charge is 0.506 e. The fourth-order valence-electron chi connectivity index (χ4n) is 4.19. The molecule has 12 heteroatoms. The first kappa shape index (κ1) is 23.1. The number of hydrogen-bond acceptors (Lipinski definition) is 8. The summed E-state index contributed by atoms with van der Waals surface area (Å²) in [6.45, 7) is 2.07. The summed E-state index contributed by atoms with van der Waals surface area (Å²) in [5, 5.41) is 13.1. The predicted octanol–water partition coefficient (Wildman–Crippen LogP) is 4.30. The molecule has 5 rings (SSSR count). The minimum atomic E-state index is -3.81. The highest BCUT2D eigenvalue weighted by Crippen LogP contribution is 2.46. The first-order valence-corrected chi connectivity index (χ1v) is 14.0. The van der Waals surface area contributed by atoms with Gasteiger partial charge in [0.1, 0.15) is 5.75 Å². The van der Waals surface area contributed by atoms with Crippen LogP contribution in [0.1, 0.15) is 47.4 Å².